The van der Waals surface area contributed by atoms with Crippen LogP contribution in [0.4, 0.5) is 0 Å². The fraction of sp³-hybridized carbons (Fsp3) is 0.471. The van der Waals surface area contributed by atoms with Crippen molar-refractivity contribution in [3.8, 4) is 0 Å². The summed E-state index contributed by atoms with van der Waals surface area (Å²) in [4.78, 5) is 4.17. The van der Waals surface area contributed by atoms with Gasteiger partial charge in [-0.1, -0.05) is 30.4 Å². The van der Waals surface area contributed by atoms with Gasteiger partial charge in [-0.25, -0.2) is 0 Å². The molecule has 0 aliphatic heterocycles. The molecule has 20 heavy (non-hydrogen) atoms. The fourth-order valence-electron chi connectivity index (χ4n) is 1.70. The molecule has 0 bridgehead atoms. The molecular formula is C17H29N3. The quantitative estimate of drug-likeness (QED) is 0.305. The number of nitrogens with one attached hydrogen (secondary N) is 2. The van der Waals surface area contributed by atoms with E-state index in [1.165, 1.54) is 11.4 Å². The highest BCUT2D eigenvalue weighted by molar-refractivity contribution is 5.81. The summed E-state index contributed by atoms with van der Waals surface area (Å²) in [7, 11) is 3.72. The van der Waals surface area contributed by atoms with E-state index in [2.05, 4.69) is 52.9 Å². The molecule has 2 N–H and O–H groups in total. The van der Waals surface area contributed by atoms with Crippen LogP contribution in [0.25, 0.3) is 0 Å². The molecule has 0 saturated heterocycles. The minimum absolute atomic E-state index is 0.921. The molecule has 0 aliphatic rings. The summed E-state index contributed by atoms with van der Waals surface area (Å²) in [5.41, 5.74) is 2.38. The number of rotatable bonds is 8. The third kappa shape index (κ3) is 9.20. The predicted molar refractivity (Wildman–Crippen MR) is 90.9 cm³/mol. The third-order valence-electron chi connectivity index (χ3n) is 2.81. The Labute approximate surface area is 124 Å². The SMILES string of the molecule is C/C=C\C=C(/C/C=C\C)N/C(C)=C/CC/C(=N\C)NC. The van der Waals surface area contributed by atoms with Crippen LogP contribution >= 0.6 is 0 Å². The molecule has 112 valence electrons. The Bertz CT molecular complexity index is 398. The molecule has 3 nitrogen and oxygen atoms in total. The Morgan fingerprint density at radius 2 is 1.95 bits per heavy atom. The van der Waals surface area contributed by atoms with Gasteiger partial charge in [-0.15, -0.1) is 0 Å². The van der Waals surface area contributed by atoms with E-state index in [1.54, 1.807) is 0 Å². The first-order valence-electron chi connectivity index (χ1n) is 7.18. The van der Waals surface area contributed by atoms with Gasteiger partial charge in [0.1, 0.15) is 0 Å². The van der Waals surface area contributed by atoms with Crippen LogP contribution in [0.5, 0.6) is 0 Å². The number of hydrogen-bond donors (Lipinski definition) is 2. The molecule has 0 radical (unpaired) electrons. The van der Waals surface area contributed by atoms with Gasteiger partial charge < -0.3 is 10.6 Å². The summed E-state index contributed by atoms with van der Waals surface area (Å²) >= 11 is 0. The van der Waals surface area contributed by atoms with Crippen molar-refractivity contribution in [1.82, 2.24) is 10.6 Å². The van der Waals surface area contributed by atoms with Crippen molar-refractivity contribution in [2.75, 3.05) is 14.1 Å². The first kappa shape index (κ1) is 18.2. The van der Waals surface area contributed by atoms with E-state index in [9.17, 15) is 0 Å². The molecule has 0 amide bonds. The molecule has 0 heterocycles. The number of allylic oxidation sites excluding steroid dienone is 7. The summed E-state index contributed by atoms with van der Waals surface area (Å²) in [6, 6.07) is 0. The largest absolute Gasteiger partial charge is 0.377 e. The van der Waals surface area contributed by atoms with Crippen molar-refractivity contribution >= 4 is 5.84 Å². The van der Waals surface area contributed by atoms with E-state index < -0.39 is 0 Å². The molecule has 0 saturated carbocycles. The fourth-order valence-corrected chi connectivity index (χ4v) is 1.70. The second kappa shape index (κ2) is 12.3. The molecule has 0 aromatic heterocycles. The van der Waals surface area contributed by atoms with Crippen molar-refractivity contribution in [2.24, 2.45) is 4.99 Å². The zero-order chi connectivity index (χ0) is 15.2. The zero-order valence-electron chi connectivity index (χ0n) is 13.5. The topological polar surface area (TPSA) is 36.4 Å². The Kier molecular flexibility index (Phi) is 11.2. The molecule has 3 heteroatoms. The van der Waals surface area contributed by atoms with E-state index in [0.717, 1.165) is 25.1 Å². The van der Waals surface area contributed by atoms with Crippen molar-refractivity contribution in [3.63, 3.8) is 0 Å². The number of aliphatic imine (C=N–C) groups is 1. The summed E-state index contributed by atoms with van der Waals surface area (Å²) in [6.45, 7) is 6.16. The lowest BCUT2D eigenvalue weighted by molar-refractivity contribution is 0.899. The van der Waals surface area contributed by atoms with Gasteiger partial charge in [-0.3, -0.25) is 4.99 Å². The molecule has 0 fully saturated rings. The van der Waals surface area contributed by atoms with Gasteiger partial charge in [-0.2, -0.15) is 0 Å². The van der Waals surface area contributed by atoms with Crippen LogP contribution in [0.1, 0.15) is 40.0 Å². The third-order valence-corrected chi connectivity index (χ3v) is 2.81. The number of amidine groups is 1. The second-order valence-corrected chi connectivity index (χ2v) is 4.46. The summed E-state index contributed by atoms with van der Waals surface area (Å²) in [5.74, 6) is 1.03. The van der Waals surface area contributed by atoms with Crippen LogP contribution < -0.4 is 10.6 Å². The first-order valence-corrected chi connectivity index (χ1v) is 7.18. The van der Waals surface area contributed by atoms with Gasteiger partial charge in [0.15, 0.2) is 0 Å². The maximum atomic E-state index is 4.17. The summed E-state index contributed by atoms with van der Waals surface area (Å²) in [6.07, 6.45) is 15.5. The molecule has 0 rings (SSSR count). The second-order valence-electron chi connectivity index (χ2n) is 4.46. The maximum Gasteiger partial charge on any atom is 0.0960 e. The van der Waals surface area contributed by atoms with Gasteiger partial charge in [0.05, 0.1) is 5.84 Å². The molecule has 0 aliphatic carbocycles. The van der Waals surface area contributed by atoms with Gasteiger partial charge in [0, 0.05) is 38.3 Å². The average molecular weight is 275 g/mol. The lowest BCUT2D eigenvalue weighted by atomic mass is 10.2. The highest BCUT2D eigenvalue weighted by atomic mass is 14.9. The van der Waals surface area contributed by atoms with Gasteiger partial charge in [0.2, 0.25) is 0 Å². The van der Waals surface area contributed by atoms with E-state index in [1.807, 2.05) is 34.0 Å². The number of nitrogens with zero attached hydrogens (tertiary/aromatic N) is 1. The van der Waals surface area contributed by atoms with Crippen molar-refractivity contribution in [3.05, 3.63) is 47.9 Å². The van der Waals surface area contributed by atoms with Crippen LogP contribution in [0.15, 0.2) is 52.8 Å². The highest BCUT2D eigenvalue weighted by Gasteiger charge is 1.96. The lowest BCUT2D eigenvalue weighted by Gasteiger charge is -2.10. The van der Waals surface area contributed by atoms with E-state index in [0.29, 0.717) is 0 Å². The summed E-state index contributed by atoms with van der Waals surface area (Å²) < 4.78 is 0. The van der Waals surface area contributed by atoms with Crippen molar-refractivity contribution in [1.29, 1.82) is 0 Å². The van der Waals surface area contributed by atoms with Crippen LogP contribution in [0.3, 0.4) is 0 Å². The monoisotopic (exact) mass is 275 g/mol. The predicted octanol–water partition coefficient (Wildman–Crippen LogP) is 3.93. The smallest absolute Gasteiger partial charge is 0.0960 e. The Balaban J connectivity index is 4.47. The van der Waals surface area contributed by atoms with E-state index >= 15 is 0 Å². The van der Waals surface area contributed by atoms with Crippen molar-refractivity contribution < 1.29 is 0 Å². The normalized spacial score (nSPS) is 14.3. The minimum atomic E-state index is 0.921. The minimum Gasteiger partial charge on any atom is -0.377 e. The molecular weight excluding hydrogens is 246 g/mol. The first-order chi connectivity index (χ1) is 9.67. The van der Waals surface area contributed by atoms with Gasteiger partial charge >= 0.3 is 0 Å². The molecule has 0 atom stereocenters. The molecule has 0 aromatic rings. The van der Waals surface area contributed by atoms with E-state index in [-0.39, 0.29) is 0 Å². The van der Waals surface area contributed by atoms with E-state index in [4.69, 9.17) is 0 Å². The average Bonchev–Trinajstić information content (AvgIpc) is 2.46. The summed E-state index contributed by atoms with van der Waals surface area (Å²) in [5, 5.41) is 6.55. The molecule has 0 spiro atoms. The maximum absolute atomic E-state index is 4.17. The Morgan fingerprint density at radius 1 is 1.20 bits per heavy atom. The number of hydrogen-bond acceptors (Lipinski definition) is 2. The standard InChI is InChI=1S/C17H29N3/c1-6-8-12-16(13-9-7-2)20-15(3)11-10-14-17(18-4)19-5/h6-9,11-12,20H,10,13-14H2,1-5H3,(H,18,19)/b8-6-,9-7-,15-11+,16-12+. The van der Waals surface area contributed by atoms with Crippen LogP contribution in [0, 0.1) is 0 Å². The highest BCUT2D eigenvalue weighted by Crippen LogP contribution is 2.05. The zero-order valence-corrected chi connectivity index (χ0v) is 13.5. The van der Waals surface area contributed by atoms with Crippen LogP contribution in [-0.4, -0.2) is 19.9 Å². The van der Waals surface area contributed by atoms with Crippen molar-refractivity contribution in [2.45, 2.75) is 40.0 Å². The Morgan fingerprint density at radius 3 is 2.50 bits per heavy atom. The van der Waals surface area contributed by atoms with Crippen LogP contribution in [0.2, 0.25) is 0 Å². The van der Waals surface area contributed by atoms with Gasteiger partial charge in [-0.05, 0) is 33.3 Å². The van der Waals surface area contributed by atoms with Gasteiger partial charge in [0.25, 0.3) is 0 Å². The lowest BCUT2D eigenvalue weighted by Crippen LogP contribution is -2.17. The Hall–Kier alpha value is -1.77. The van der Waals surface area contributed by atoms with Crippen LogP contribution in [-0.2, 0) is 0 Å². The molecule has 0 aromatic carbocycles. The molecule has 0 unspecified atom stereocenters.